The van der Waals surface area contributed by atoms with Crippen LogP contribution in [-0.2, 0) is 6.42 Å². The number of hydrogen-bond donors (Lipinski definition) is 1. The van der Waals surface area contributed by atoms with Gasteiger partial charge in [-0.1, -0.05) is 6.92 Å². The summed E-state index contributed by atoms with van der Waals surface area (Å²) in [6.07, 6.45) is 4.87. The van der Waals surface area contributed by atoms with Crippen molar-refractivity contribution in [3.63, 3.8) is 0 Å². The molecule has 3 heterocycles. The fourth-order valence-corrected chi connectivity index (χ4v) is 4.09. The van der Waals surface area contributed by atoms with E-state index in [-0.39, 0.29) is 12.4 Å². The lowest BCUT2D eigenvalue weighted by Crippen LogP contribution is -2.38. The second-order valence-corrected chi connectivity index (χ2v) is 6.91. The molecule has 5 nitrogen and oxygen atoms in total. The Morgan fingerprint density at radius 2 is 2.00 bits per heavy atom. The Bertz CT molecular complexity index is 435. The van der Waals surface area contributed by atoms with Gasteiger partial charge in [-0.05, 0) is 44.8 Å². The molecule has 3 rings (SSSR count). The third kappa shape index (κ3) is 4.78. The van der Waals surface area contributed by atoms with Crippen molar-refractivity contribution in [3.8, 4) is 0 Å². The summed E-state index contributed by atoms with van der Waals surface area (Å²) in [5.74, 6) is 1.89. The summed E-state index contributed by atoms with van der Waals surface area (Å²) < 4.78 is 4.42. The molecule has 2 saturated heterocycles. The van der Waals surface area contributed by atoms with Crippen LogP contribution in [0.5, 0.6) is 0 Å². The van der Waals surface area contributed by atoms with Gasteiger partial charge >= 0.3 is 0 Å². The molecule has 0 atom stereocenters. The lowest BCUT2D eigenvalue weighted by molar-refractivity contribution is 0.216. The molecule has 0 amide bonds. The van der Waals surface area contributed by atoms with Crippen LogP contribution in [0.1, 0.15) is 32.0 Å². The molecule has 0 saturated carbocycles. The van der Waals surface area contributed by atoms with Crippen molar-refractivity contribution in [2.24, 2.45) is 5.92 Å². The quantitative estimate of drug-likeness (QED) is 0.904. The summed E-state index contributed by atoms with van der Waals surface area (Å²) >= 11 is 1.56. The van der Waals surface area contributed by atoms with Crippen LogP contribution in [0.3, 0.4) is 0 Å². The van der Waals surface area contributed by atoms with Gasteiger partial charge in [-0.3, -0.25) is 0 Å². The van der Waals surface area contributed by atoms with Gasteiger partial charge in [0.15, 0.2) is 0 Å². The largest absolute Gasteiger partial charge is 0.346 e. The molecular weight excluding hydrogens is 318 g/mol. The van der Waals surface area contributed by atoms with Gasteiger partial charge in [0, 0.05) is 44.1 Å². The van der Waals surface area contributed by atoms with Gasteiger partial charge in [0.1, 0.15) is 5.82 Å². The Morgan fingerprint density at radius 3 is 2.73 bits per heavy atom. The Hall–Kier alpha value is -0.430. The van der Waals surface area contributed by atoms with E-state index in [1.54, 1.807) is 11.5 Å². The molecule has 22 heavy (non-hydrogen) atoms. The number of aromatic nitrogens is 2. The number of nitrogens with one attached hydrogen (secondary N) is 1. The molecule has 0 aliphatic carbocycles. The standard InChI is InChI=1S/C15H27N5S.ClH/c1-2-14-17-15(21-18-14)20-9-3-8-19(10-11-20)12-13-4-6-16-7-5-13;/h13,16H,2-12H2,1H3;1H. The molecule has 126 valence electrons. The van der Waals surface area contributed by atoms with Gasteiger partial charge < -0.3 is 15.1 Å². The van der Waals surface area contributed by atoms with Crippen molar-refractivity contribution in [1.82, 2.24) is 19.6 Å². The highest BCUT2D eigenvalue weighted by atomic mass is 35.5. The monoisotopic (exact) mass is 345 g/mol. The maximum Gasteiger partial charge on any atom is 0.205 e. The number of rotatable bonds is 4. The highest BCUT2D eigenvalue weighted by molar-refractivity contribution is 7.09. The predicted molar refractivity (Wildman–Crippen MR) is 95.4 cm³/mol. The summed E-state index contributed by atoms with van der Waals surface area (Å²) in [6, 6.07) is 0. The van der Waals surface area contributed by atoms with E-state index in [1.807, 2.05) is 0 Å². The SMILES string of the molecule is CCc1nsc(N2CCCN(CC3CCNCC3)CC2)n1.Cl. The van der Waals surface area contributed by atoms with Crippen LogP contribution in [0.15, 0.2) is 0 Å². The number of piperidine rings is 1. The minimum atomic E-state index is 0. The first-order valence-electron chi connectivity index (χ1n) is 8.35. The summed E-state index contributed by atoms with van der Waals surface area (Å²) in [7, 11) is 0. The molecule has 0 radical (unpaired) electrons. The Morgan fingerprint density at radius 1 is 1.18 bits per heavy atom. The van der Waals surface area contributed by atoms with Gasteiger partial charge in [0.25, 0.3) is 0 Å². The van der Waals surface area contributed by atoms with Crippen LogP contribution in [0, 0.1) is 5.92 Å². The summed E-state index contributed by atoms with van der Waals surface area (Å²) in [5.41, 5.74) is 0. The van der Waals surface area contributed by atoms with Crippen molar-refractivity contribution >= 4 is 29.1 Å². The van der Waals surface area contributed by atoms with Crippen molar-refractivity contribution < 1.29 is 0 Å². The molecular formula is C15H28ClN5S. The van der Waals surface area contributed by atoms with Crippen molar-refractivity contribution in [2.45, 2.75) is 32.6 Å². The van der Waals surface area contributed by atoms with Gasteiger partial charge in [-0.25, -0.2) is 4.98 Å². The van der Waals surface area contributed by atoms with E-state index in [0.717, 1.165) is 36.4 Å². The Kier molecular flexibility index (Phi) is 7.34. The fraction of sp³-hybridized carbons (Fsp3) is 0.867. The highest BCUT2D eigenvalue weighted by Gasteiger charge is 2.21. The average molecular weight is 346 g/mol. The Labute approximate surface area is 144 Å². The van der Waals surface area contributed by atoms with Gasteiger partial charge in [-0.2, -0.15) is 4.37 Å². The Balaban J connectivity index is 0.00000176. The predicted octanol–water partition coefficient (Wildman–Crippen LogP) is 2.03. The lowest BCUT2D eigenvalue weighted by Gasteiger charge is -2.29. The molecule has 2 aliphatic rings. The van der Waals surface area contributed by atoms with E-state index < -0.39 is 0 Å². The molecule has 2 aliphatic heterocycles. The summed E-state index contributed by atoms with van der Waals surface area (Å²) in [4.78, 5) is 9.74. The van der Waals surface area contributed by atoms with E-state index in [0.29, 0.717) is 0 Å². The molecule has 0 aromatic carbocycles. The number of halogens is 1. The minimum Gasteiger partial charge on any atom is -0.346 e. The molecule has 0 bridgehead atoms. The lowest BCUT2D eigenvalue weighted by atomic mass is 9.97. The van der Waals surface area contributed by atoms with Crippen molar-refractivity contribution in [2.75, 3.05) is 50.7 Å². The van der Waals surface area contributed by atoms with E-state index >= 15 is 0 Å². The van der Waals surface area contributed by atoms with Crippen LogP contribution in [-0.4, -0.2) is 60.1 Å². The molecule has 1 aromatic heterocycles. The summed E-state index contributed by atoms with van der Waals surface area (Å²) in [6.45, 7) is 10.4. The topological polar surface area (TPSA) is 44.3 Å². The van der Waals surface area contributed by atoms with Crippen molar-refractivity contribution in [3.05, 3.63) is 5.82 Å². The van der Waals surface area contributed by atoms with Crippen molar-refractivity contribution in [1.29, 1.82) is 0 Å². The number of aryl methyl sites for hydroxylation is 1. The zero-order valence-electron chi connectivity index (χ0n) is 13.5. The van der Waals surface area contributed by atoms with Crippen LogP contribution < -0.4 is 10.2 Å². The number of nitrogens with zero attached hydrogens (tertiary/aromatic N) is 4. The molecule has 0 unspecified atom stereocenters. The van der Waals surface area contributed by atoms with E-state index in [9.17, 15) is 0 Å². The zero-order chi connectivity index (χ0) is 14.5. The fourth-order valence-electron chi connectivity index (χ4n) is 3.29. The van der Waals surface area contributed by atoms with Gasteiger partial charge in [-0.15, -0.1) is 12.4 Å². The zero-order valence-corrected chi connectivity index (χ0v) is 15.1. The smallest absolute Gasteiger partial charge is 0.205 e. The summed E-state index contributed by atoms with van der Waals surface area (Å²) in [5, 5.41) is 4.58. The maximum atomic E-state index is 4.64. The van der Waals surface area contributed by atoms with Gasteiger partial charge in [0.05, 0.1) is 0 Å². The molecule has 1 aromatic rings. The molecule has 2 fully saturated rings. The van der Waals surface area contributed by atoms with E-state index in [4.69, 9.17) is 0 Å². The van der Waals surface area contributed by atoms with Gasteiger partial charge in [0.2, 0.25) is 5.13 Å². The van der Waals surface area contributed by atoms with Crippen LogP contribution in [0.4, 0.5) is 5.13 Å². The molecule has 7 heteroatoms. The van der Waals surface area contributed by atoms with Crippen LogP contribution in [0.2, 0.25) is 0 Å². The van der Waals surface area contributed by atoms with Crippen LogP contribution in [0.25, 0.3) is 0 Å². The number of hydrogen-bond acceptors (Lipinski definition) is 6. The number of anilines is 1. The third-order valence-electron chi connectivity index (χ3n) is 4.61. The first-order chi connectivity index (χ1) is 10.3. The highest BCUT2D eigenvalue weighted by Crippen LogP contribution is 2.20. The second-order valence-electron chi connectivity index (χ2n) is 6.18. The first-order valence-corrected chi connectivity index (χ1v) is 9.13. The minimum absolute atomic E-state index is 0. The molecule has 0 spiro atoms. The van der Waals surface area contributed by atoms with E-state index in [1.165, 1.54) is 52.0 Å². The van der Waals surface area contributed by atoms with Crippen LogP contribution >= 0.6 is 23.9 Å². The first kappa shape index (κ1) is 17.9. The molecule has 1 N–H and O–H groups in total. The maximum absolute atomic E-state index is 4.64. The average Bonchev–Trinajstić information content (AvgIpc) is 2.89. The normalized spacial score (nSPS) is 21.4. The van der Waals surface area contributed by atoms with E-state index in [2.05, 4.69) is 31.4 Å². The second kappa shape index (κ2) is 9.01. The third-order valence-corrected chi connectivity index (χ3v) is 5.42.